The van der Waals surface area contributed by atoms with Gasteiger partial charge in [-0.2, -0.15) is 0 Å². The molecule has 1 amide bonds. The van der Waals surface area contributed by atoms with Crippen molar-refractivity contribution in [3.05, 3.63) is 66.7 Å². The standard InChI is InChI=1S/C20H24N2O4S2/c1-3-13-21-28(24,25)15-16-4-6-17(7-5-16)22-20(23)12-14-27-19-10-8-18(26-2)9-11-19/h3-11,21H,1,12-15H2,2H3,(H,22,23). The second-order valence-corrected chi connectivity index (χ2v) is 8.89. The van der Waals surface area contributed by atoms with E-state index in [1.54, 1.807) is 43.1 Å². The molecule has 0 aliphatic heterocycles. The Morgan fingerprint density at radius 3 is 2.43 bits per heavy atom. The quantitative estimate of drug-likeness (QED) is 0.430. The molecular weight excluding hydrogens is 396 g/mol. The molecule has 0 bridgehead atoms. The van der Waals surface area contributed by atoms with Crippen LogP contribution in [0.4, 0.5) is 5.69 Å². The lowest BCUT2D eigenvalue weighted by Crippen LogP contribution is -2.25. The third kappa shape index (κ3) is 7.75. The van der Waals surface area contributed by atoms with E-state index in [1.165, 1.54) is 6.08 Å². The Morgan fingerprint density at radius 1 is 1.14 bits per heavy atom. The zero-order chi connectivity index (χ0) is 20.4. The molecule has 2 aromatic rings. The van der Waals surface area contributed by atoms with E-state index in [1.807, 2.05) is 24.3 Å². The van der Waals surface area contributed by atoms with Crippen molar-refractivity contribution in [3.8, 4) is 5.75 Å². The summed E-state index contributed by atoms with van der Waals surface area (Å²) < 4.78 is 31.2. The molecule has 2 aromatic carbocycles. The van der Waals surface area contributed by atoms with Crippen molar-refractivity contribution in [2.24, 2.45) is 0 Å². The fourth-order valence-electron chi connectivity index (χ4n) is 2.30. The van der Waals surface area contributed by atoms with Crippen LogP contribution in [0.5, 0.6) is 5.75 Å². The first-order valence-electron chi connectivity index (χ1n) is 8.66. The summed E-state index contributed by atoms with van der Waals surface area (Å²) in [5.41, 5.74) is 1.28. The molecule has 0 atom stereocenters. The fourth-order valence-corrected chi connectivity index (χ4v) is 4.25. The SMILES string of the molecule is C=CCNS(=O)(=O)Cc1ccc(NC(=O)CCSc2ccc(OC)cc2)cc1. The van der Waals surface area contributed by atoms with E-state index < -0.39 is 10.0 Å². The van der Waals surface area contributed by atoms with Crippen molar-refractivity contribution < 1.29 is 17.9 Å². The Kier molecular flexibility index (Phi) is 8.56. The highest BCUT2D eigenvalue weighted by Crippen LogP contribution is 2.22. The molecule has 0 saturated heterocycles. The molecule has 6 nitrogen and oxygen atoms in total. The van der Waals surface area contributed by atoms with E-state index in [-0.39, 0.29) is 18.2 Å². The molecule has 0 aliphatic carbocycles. The predicted molar refractivity (Wildman–Crippen MR) is 114 cm³/mol. The summed E-state index contributed by atoms with van der Waals surface area (Å²) in [6, 6.07) is 14.5. The van der Waals surface area contributed by atoms with Gasteiger partial charge in [0.25, 0.3) is 0 Å². The molecule has 0 spiro atoms. The largest absolute Gasteiger partial charge is 0.497 e. The van der Waals surface area contributed by atoms with Crippen molar-refractivity contribution in [3.63, 3.8) is 0 Å². The summed E-state index contributed by atoms with van der Waals surface area (Å²) in [6.45, 7) is 3.68. The van der Waals surface area contributed by atoms with Crippen molar-refractivity contribution in [1.82, 2.24) is 4.72 Å². The monoisotopic (exact) mass is 420 g/mol. The Hall–Kier alpha value is -2.29. The smallest absolute Gasteiger partial charge is 0.225 e. The molecule has 0 saturated carbocycles. The highest BCUT2D eigenvalue weighted by atomic mass is 32.2. The van der Waals surface area contributed by atoms with Gasteiger partial charge < -0.3 is 10.1 Å². The van der Waals surface area contributed by atoms with Gasteiger partial charge in [-0.1, -0.05) is 18.2 Å². The van der Waals surface area contributed by atoms with Gasteiger partial charge in [0.1, 0.15) is 5.75 Å². The number of rotatable bonds is 11. The number of benzene rings is 2. The van der Waals surface area contributed by atoms with E-state index in [4.69, 9.17) is 4.74 Å². The lowest BCUT2D eigenvalue weighted by Gasteiger charge is -2.08. The molecule has 0 aromatic heterocycles. The molecule has 2 rings (SSSR count). The van der Waals surface area contributed by atoms with Gasteiger partial charge in [-0.25, -0.2) is 13.1 Å². The molecule has 0 fully saturated rings. The average Bonchev–Trinajstić information content (AvgIpc) is 2.68. The van der Waals surface area contributed by atoms with Gasteiger partial charge in [0.05, 0.1) is 12.9 Å². The van der Waals surface area contributed by atoms with Gasteiger partial charge in [-0.05, 0) is 42.0 Å². The van der Waals surface area contributed by atoms with Crippen LogP contribution in [0.2, 0.25) is 0 Å². The number of thioether (sulfide) groups is 1. The lowest BCUT2D eigenvalue weighted by atomic mass is 10.2. The van der Waals surface area contributed by atoms with Crippen LogP contribution in [0.25, 0.3) is 0 Å². The maximum absolute atomic E-state index is 12.1. The van der Waals surface area contributed by atoms with Crippen LogP contribution in [0.15, 0.2) is 66.1 Å². The first-order valence-corrected chi connectivity index (χ1v) is 11.3. The van der Waals surface area contributed by atoms with Gasteiger partial charge in [0.15, 0.2) is 0 Å². The van der Waals surface area contributed by atoms with Crippen LogP contribution >= 0.6 is 11.8 Å². The Labute approximate surface area is 170 Å². The van der Waals surface area contributed by atoms with Crippen LogP contribution < -0.4 is 14.8 Å². The Morgan fingerprint density at radius 2 is 1.82 bits per heavy atom. The number of carbonyl (C=O) groups excluding carboxylic acids is 1. The maximum atomic E-state index is 12.1. The first-order chi connectivity index (χ1) is 13.4. The van der Waals surface area contributed by atoms with E-state index in [0.717, 1.165) is 10.6 Å². The molecule has 28 heavy (non-hydrogen) atoms. The van der Waals surface area contributed by atoms with Gasteiger partial charge in [0, 0.05) is 29.3 Å². The number of sulfonamides is 1. The number of nitrogens with one attached hydrogen (secondary N) is 2. The summed E-state index contributed by atoms with van der Waals surface area (Å²) in [7, 11) is -1.77. The van der Waals surface area contributed by atoms with Gasteiger partial charge in [-0.15, -0.1) is 18.3 Å². The third-order valence-electron chi connectivity index (χ3n) is 3.70. The van der Waals surface area contributed by atoms with E-state index in [0.29, 0.717) is 23.4 Å². The van der Waals surface area contributed by atoms with Crippen molar-refractivity contribution in [2.45, 2.75) is 17.1 Å². The second-order valence-electron chi connectivity index (χ2n) is 5.92. The van der Waals surface area contributed by atoms with Crippen LogP contribution in [-0.4, -0.2) is 33.7 Å². The minimum atomic E-state index is -3.39. The second kappa shape index (κ2) is 10.9. The van der Waals surface area contributed by atoms with Gasteiger partial charge in [0.2, 0.25) is 15.9 Å². The van der Waals surface area contributed by atoms with E-state index in [9.17, 15) is 13.2 Å². The number of hydrogen-bond donors (Lipinski definition) is 2. The van der Waals surface area contributed by atoms with E-state index >= 15 is 0 Å². The zero-order valence-corrected chi connectivity index (χ0v) is 17.3. The minimum absolute atomic E-state index is 0.0889. The molecule has 150 valence electrons. The summed E-state index contributed by atoms with van der Waals surface area (Å²) in [5.74, 6) is 1.25. The zero-order valence-electron chi connectivity index (χ0n) is 15.7. The topological polar surface area (TPSA) is 84.5 Å². The first kappa shape index (κ1) is 22.0. The highest BCUT2D eigenvalue weighted by Gasteiger charge is 2.10. The van der Waals surface area contributed by atoms with Crippen LogP contribution in [0.3, 0.4) is 0 Å². The third-order valence-corrected chi connectivity index (χ3v) is 6.03. The number of anilines is 1. The van der Waals surface area contributed by atoms with Crippen LogP contribution in [0.1, 0.15) is 12.0 Å². The van der Waals surface area contributed by atoms with Crippen LogP contribution in [-0.2, 0) is 20.6 Å². The molecule has 0 aliphatic rings. The number of ether oxygens (including phenoxy) is 1. The maximum Gasteiger partial charge on any atom is 0.225 e. The van der Waals surface area contributed by atoms with Gasteiger partial charge >= 0.3 is 0 Å². The number of methoxy groups -OCH3 is 1. The fraction of sp³-hybridized carbons (Fsp3) is 0.250. The summed E-state index contributed by atoms with van der Waals surface area (Å²) in [5, 5.41) is 2.82. The Bertz CT molecular complexity index is 879. The average molecular weight is 421 g/mol. The molecule has 2 N–H and O–H groups in total. The Balaban J connectivity index is 1.77. The normalized spacial score (nSPS) is 11.0. The molecule has 0 radical (unpaired) electrons. The molecule has 8 heteroatoms. The van der Waals surface area contributed by atoms with Crippen molar-refractivity contribution in [1.29, 1.82) is 0 Å². The van der Waals surface area contributed by atoms with E-state index in [2.05, 4.69) is 16.6 Å². The predicted octanol–water partition coefficient (Wildman–Crippen LogP) is 3.42. The minimum Gasteiger partial charge on any atom is -0.497 e. The summed E-state index contributed by atoms with van der Waals surface area (Å²) in [6.07, 6.45) is 1.86. The lowest BCUT2D eigenvalue weighted by molar-refractivity contribution is -0.115. The molecule has 0 heterocycles. The van der Waals surface area contributed by atoms with Crippen molar-refractivity contribution >= 4 is 33.4 Å². The number of hydrogen-bond acceptors (Lipinski definition) is 5. The van der Waals surface area contributed by atoms with Crippen molar-refractivity contribution in [2.75, 3.05) is 24.7 Å². The number of carbonyl (C=O) groups is 1. The molecular formula is C20H24N2O4S2. The van der Waals surface area contributed by atoms with Gasteiger partial charge in [-0.3, -0.25) is 4.79 Å². The highest BCUT2D eigenvalue weighted by molar-refractivity contribution is 7.99. The van der Waals surface area contributed by atoms with Crippen LogP contribution in [0, 0.1) is 0 Å². The summed E-state index contributed by atoms with van der Waals surface area (Å²) >= 11 is 1.60. The summed E-state index contributed by atoms with van der Waals surface area (Å²) in [4.78, 5) is 13.1. The molecule has 0 unspecified atom stereocenters. The number of amides is 1.